The van der Waals surface area contributed by atoms with E-state index in [9.17, 15) is 4.79 Å². The van der Waals surface area contributed by atoms with Crippen LogP contribution in [-0.2, 0) is 0 Å². The molecule has 0 atom stereocenters. The number of Topliss-reactive ketones (excluding diaryl/α,β-unsaturated/α-hetero) is 1. The van der Waals surface area contributed by atoms with Gasteiger partial charge < -0.3 is 5.73 Å². The highest BCUT2D eigenvalue weighted by Crippen LogP contribution is 2.25. The number of carbonyl (C=O) groups excluding carboxylic acids is 1. The Hall–Kier alpha value is -1.67. The van der Waals surface area contributed by atoms with Crippen LogP contribution in [0.15, 0.2) is 42.5 Å². The summed E-state index contributed by atoms with van der Waals surface area (Å²) in [6.07, 6.45) is 0.484. The van der Waals surface area contributed by atoms with Crippen LogP contribution in [0.2, 0.25) is 0 Å². The zero-order valence-corrected chi connectivity index (χ0v) is 10.9. The van der Waals surface area contributed by atoms with Crippen molar-refractivity contribution in [1.82, 2.24) is 0 Å². The monoisotopic (exact) mass is 241 g/mol. The lowest BCUT2D eigenvalue weighted by molar-refractivity contribution is 0.0936. The average Bonchev–Trinajstić information content (AvgIpc) is 2.37. The standard InChI is InChI=1S/C16H19NO/c1-16(2,11-17)10-15(18)14-9-5-7-12-6-3-4-8-13(12)14/h3-9H,10-11,17H2,1-2H3. The minimum Gasteiger partial charge on any atom is -0.330 e. The van der Waals surface area contributed by atoms with E-state index in [-0.39, 0.29) is 11.2 Å². The van der Waals surface area contributed by atoms with Crippen LogP contribution in [0.4, 0.5) is 0 Å². The molecule has 2 heteroatoms. The Morgan fingerprint density at radius 3 is 2.50 bits per heavy atom. The molecule has 0 amide bonds. The van der Waals surface area contributed by atoms with Gasteiger partial charge in [0.2, 0.25) is 0 Å². The third-order valence-electron chi connectivity index (χ3n) is 3.28. The van der Waals surface area contributed by atoms with Gasteiger partial charge in [-0.1, -0.05) is 56.3 Å². The summed E-state index contributed by atoms with van der Waals surface area (Å²) in [4.78, 5) is 12.4. The zero-order valence-electron chi connectivity index (χ0n) is 10.9. The van der Waals surface area contributed by atoms with Crippen molar-refractivity contribution in [2.24, 2.45) is 11.1 Å². The number of hydrogen-bond acceptors (Lipinski definition) is 2. The van der Waals surface area contributed by atoms with E-state index in [0.717, 1.165) is 16.3 Å². The number of fused-ring (bicyclic) bond motifs is 1. The zero-order chi connectivity index (χ0) is 13.2. The maximum Gasteiger partial charge on any atom is 0.164 e. The van der Waals surface area contributed by atoms with Gasteiger partial charge in [0.1, 0.15) is 0 Å². The number of hydrogen-bond donors (Lipinski definition) is 1. The van der Waals surface area contributed by atoms with E-state index in [4.69, 9.17) is 5.73 Å². The van der Waals surface area contributed by atoms with Crippen LogP contribution in [-0.4, -0.2) is 12.3 Å². The van der Waals surface area contributed by atoms with E-state index in [1.54, 1.807) is 0 Å². The van der Waals surface area contributed by atoms with Crippen molar-refractivity contribution in [3.05, 3.63) is 48.0 Å². The normalized spacial score (nSPS) is 11.7. The highest BCUT2D eigenvalue weighted by atomic mass is 16.1. The van der Waals surface area contributed by atoms with E-state index in [1.807, 2.05) is 56.3 Å². The molecule has 2 aromatic carbocycles. The summed E-state index contributed by atoms with van der Waals surface area (Å²) in [7, 11) is 0. The number of benzene rings is 2. The van der Waals surface area contributed by atoms with Crippen LogP contribution in [0.5, 0.6) is 0 Å². The van der Waals surface area contributed by atoms with Crippen molar-refractivity contribution in [2.45, 2.75) is 20.3 Å². The molecule has 0 aliphatic carbocycles. The lowest BCUT2D eigenvalue weighted by atomic mass is 9.85. The van der Waals surface area contributed by atoms with Crippen molar-refractivity contribution in [1.29, 1.82) is 0 Å². The Kier molecular flexibility index (Phi) is 3.48. The Labute approximate surface area is 108 Å². The molecule has 2 N–H and O–H groups in total. The highest BCUT2D eigenvalue weighted by molar-refractivity contribution is 6.08. The molecule has 0 aliphatic heterocycles. The molecule has 0 aliphatic rings. The van der Waals surface area contributed by atoms with Crippen LogP contribution in [0, 0.1) is 5.41 Å². The largest absolute Gasteiger partial charge is 0.330 e. The first kappa shape index (κ1) is 12.8. The van der Waals surface area contributed by atoms with Gasteiger partial charge in [0.25, 0.3) is 0 Å². The molecule has 18 heavy (non-hydrogen) atoms. The van der Waals surface area contributed by atoms with E-state index < -0.39 is 0 Å². The molecule has 0 spiro atoms. The van der Waals surface area contributed by atoms with Crippen LogP contribution in [0.3, 0.4) is 0 Å². The molecule has 94 valence electrons. The molecule has 0 aromatic heterocycles. The van der Waals surface area contributed by atoms with Gasteiger partial charge in [-0.25, -0.2) is 0 Å². The molecule has 2 aromatic rings. The van der Waals surface area contributed by atoms with Gasteiger partial charge in [0.05, 0.1) is 0 Å². The smallest absolute Gasteiger partial charge is 0.164 e. The maximum atomic E-state index is 12.4. The molecule has 2 nitrogen and oxygen atoms in total. The van der Waals surface area contributed by atoms with Crippen LogP contribution in [0.25, 0.3) is 10.8 Å². The SMILES string of the molecule is CC(C)(CN)CC(=O)c1cccc2ccccc12. The third-order valence-corrected chi connectivity index (χ3v) is 3.28. The van der Waals surface area contributed by atoms with Crippen LogP contribution >= 0.6 is 0 Å². The minimum atomic E-state index is -0.145. The van der Waals surface area contributed by atoms with E-state index >= 15 is 0 Å². The predicted octanol–water partition coefficient (Wildman–Crippen LogP) is 3.40. The summed E-state index contributed by atoms with van der Waals surface area (Å²) in [5.74, 6) is 0.169. The van der Waals surface area contributed by atoms with Gasteiger partial charge in [0, 0.05) is 12.0 Å². The van der Waals surface area contributed by atoms with Crippen molar-refractivity contribution in [3.63, 3.8) is 0 Å². The molecule has 0 heterocycles. The fraction of sp³-hybridized carbons (Fsp3) is 0.312. The molecule has 0 bridgehead atoms. The molecule has 0 saturated heterocycles. The van der Waals surface area contributed by atoms with Crippen molar-refractivity contribution in [3.8, 4) is 0 Å². The second-order valence-corrected chi connectivity index (χ2v) is 5.49. The second kappa shape index (κ2) is 4.91. The molecule has 0 fully saturated rings. The quantitative estimate of drug-likeness (QED) is 0.834. The molecule has 0 saturated carbocycles. The first-order chi connectivity index (χ1) is 8.53. The van der Waals surface area contributed by atoms with Gasteiger partial charge in [-0.2, -0.15) is 0 Å². The molecule has 0 unspecified atom stereocenters. The number of ketones is 1. The summed E-state index contributed by atoms with van der Waals surface area (Å²) < 4.78 is 0. The van der Waals surface area contributed by atoms with Gasteiger partial charge >= 0.3 is 0 Å². The van der Waals surface area contributed by atoms with E-state index in [0.29, 0.717) is 13.0 Å². The Morgan fingerprint density at radius 1 is 1.11 bits per heavy atom. The third kappa shape index (κ3) is 2.59. The fourth-order valence-corrected chi connectivity index (χ4v) is 2.07. The van der Waals surface area contributed by atoms with Crippen LogP contribution in [0.1, 0.15) is 30.6 Å². The topological polar surface area (TPSA) is 43.1 Å². The first-order valence-electron chi connectivity index (χ1n) is 6.24. The van der Waals surface area contributed by atoms with Crippen LogP contribution < -0.4 is 5.73 Å². The van der Waals surface area contributed by atoms with Gasteiger partial charge in [-0.3, -0.25) is 4.79 Å². The maximum absolute atomic E-state index is 12.4. The van der Waals surface area contributed by atoms with E-state index in [2.05, 4.69) is 0 Å². The Balaban J connectivity index is 2.39. The number of carbonyl (C=O) groups is 1. The summed E-state index contributed by atoms with van der Waals surface area (Å²) in [5.41, 5.74) is 6.35. The molecular weight excluding hydrogens is 222 g/mol. The summed E-state index contributed by atoms with van der Waals surface area (Å²) >= 11 is 0. The molecule has 2 rings (SSSR count). The molecule has 0 radical (unpaired) electrons. The van der Waals surface area contributed by atoms with E-state index in [1.165, 1.54) is 0 Å². The summed E-state index contributed by atoms with van der Waals surface area (Å²) in [6, 6.07) is 13.8. The Morgan fingerprint density at radius 2 is 1.78 bits per heavy atom. The van der Waals surface area contributed by atoms with Gasteiger partial charge in [0.15, 0.2) is 5.78 Å². The molecular formula is C16H19NO. The van der Waals surface area contributed by atoms with Gasteiger partial charge in [-0.15, -0.1) is 0 Å². The average molecular weight is 241 g/mol. The summed E-state index contributed by atoms with van der Waals surface area (Å²) in [5, 5.41) is 2.13. The summed E-state index contributed by atoms with van der Waals surface area (Å²) in [6.45, 7) is 4.57. The predicted molar refractivity (Wildman–Crippen MR) is 75.7 cm³/mol. The highest BCUT2D eigenvalue weighted by Gasteiger charge is 2.21. The first-order valence-corrected chi connectivity index (χ1v) is 6.24. The minimum absolute atomic E-state index is 0.145. The second-order valence-electron chi connectivity index (χ2n) is 5.49. The lowest BCUT2D eigenvalue weighted by Crippen LogP contribution is -2.26. The van der Waals surface area contributed by atoms with Crippen molar-refractivity contribution < 1.29 is 4.79 Å². The Bertz CT molecular complexity index is 567. The van der Waals surface area contributed by atoms with Crippen molar-refractivity contribution in [2.75, 3.05) is 6.54 Å². The van der Waals surface area contributed by atoms with Crippen molar-refractivity contribution >= 4 is 16.6 Å². The fourth-order valence-electron chi connectivity index (χ4n) is 2.07. The van der Waals surface area contributed by atoms with Gasteiger partial charge in [-0.05, 0) is 22.7 Å². The lowest BCUT2D eigenvalue weighted by Gasteiger charge is -2.21. The number of rotatable bonds is 4. The number of nitrogens with two attached hydrogens (primary N) is 1.